The first kappa shape index (κ1) is 12.9. The minimum atomic E-state index is -0.416. The topological polar surface area (TPSA) is 32.7 Å². The molecule has 2 rings (SSSR count). The van der Waals surface area contributed by atoms with Crippen molar-refractivity contribution in [2.45, 2.75) is 18.9 Å². The fourth-order valence-electron chi connectivity index (χ4n) is 2.06. The highest BCUT2D eigenvalue weighted by Crippen LogP contribution is 2.23. The van der Waals surface area contributed by atoms with Gasteiger partial charge in [-0.3, -0.25) is 0 Å². The fraction of sp³-hybridized carbons (Fsp3) is 0.538. The van der Waals surface area contributed by atoms with E-state index in [2.05, 4.69) is 20.8 Å². The van der Waals surface area contributed by atoms with Crippen LogP contribution in [0.4, 0.5) is 0 Å². The molecular formula is C13H18BrNO2. The minimum absolute atomic E-state index is 0.346. The summed E-state index contributed by atoms with van der Waals surface area (Å²) in [4.78, 5) is 2.29. The van der Waals surface area contributed by atoms with Crippen molar-refractivity contribution >= 4 is 15.9 Å². The lowest BCUT2D eigenvalue weighted by Gasteiger charge is -2.19. The number of rotatable bonds is 5. The van der Waals surface area contributed by atoms with Gasteiger partial charge in [-0.15, -0.1) is 0 Å². The van der Waals surface area contributed by atoms with E-state index in [4.69, 9.17) is 4.74 Å². The number of nitrogens with zero attached hydrogens (tertiary/aromatic N) is 1. The van der Waals surface area contributed by atoms with Gasteiger partial charge in [0.1, 0.15) is 18.5 Å². The molecule has 3 nitrogen and oxygen atoms in total. The van der Waals surface area contributed by atoms with Crippen molar-refractivity contribution in [2.24, 2.45) is 0 Å². The van der Waals surface area contributed by atoms with Gasteiger partial charge >= 0.3 is 0 Å². The van der Waals surface area contributed by atoms with Gasteiger partial charge in [-0.2, -0.15) is 0 Å². The van der Waals surface area contributed by atoms with Crippen LogP contribution in [0.15, 0.2) is 28.7 Å². The van der Waals surface area contributed by atoms with Gasteiger partial charge in [0, 0.05) is 6.54 Å². The number of hydrogen-bond donors (Lipinski definition) is 1. The van der Waals surface area contributed by atoms with Crippen molar-refractivity contribution in [1.82, 2.24) is 4.90 Å². The van der Waals surface area contributed by atoms with E-state index in [1.54, 1.807) is 0 Å². The molecule has 1 atom stereocenters. The van der Waals surface area contributed by atoms with Gasteiger partial charge in [0.25, 0.3) is 0 Å². The number of para-hydroxylation sites is 1. The molecule has 4 heteroatoms. The zero-order chi connectivity index (χ0) is 12.1. The molecule has 17 heavy (non-hydrogen) atoms. The van der Waals surface area contributed by atoms with Crippen LogP contribution in [0.3, 0.4) is 0 Å². The van der Waals surface area contributed by atoms with E-state index < -0.39 is 6.10 Å². The lowest BCUT2D eigenvalue weighted by molar-refractivity contribution is 0.0755. The molecule has 1 N–H and O–H groups in total. The number of benzene rings is 1. The molecule has 0 aromatic heterocycles. The largest absolute Gasteiger partial charge is 0.490 e. The zero-order valence-electron chi connectivity index (χ0n) is 9.81. The van der Waals surface area contributed by atoms with E-state index in [0.29, 0.717) is 13.2 Å². The Morgan fingerprint density at radius 2 is 2.00 bits per heavy atom. The summed E-state index contributed by atoms with van der Waals surface area (Å²) in [7, 11) is 0. The van der Waals surface area contributed by atoms with Gasteiger partial charge in [-0.1, -0.05) is 12.1 Å². The molecule has 0 amide bonds. The van der Waals surface area contributed by atoms with Crippen molar-refractivity contribution in [3.05, 3.63) is 28.7 Å². The van der Waals surface area contributed by atoms with Crippen LogP contribution in [0.1, 0.15) is 12.8 Å². The Kier molecular flexibility index (Phi) is 4.83. The summed E-state index contributed by atoms with van der Waals surface area (Å²) in [5, 5.41) is 9.88. The van der Waals surface area contributed by atoms with Crippen LogP contribution in [-0.4, -0.2) is 42.4 Å². The van der Waals surface area contributed by atoms with Crippen LogP contribution in [0.25, 0.3) is 0 Å². The molecule has 0 bridgehead atoms. The molecule has 1 aliphatic rings. The SMILES string of the molecule is O[C@H](COc1ccccc1Br)CN1CCCC1. The highest BCUT2D eigenvalue weighted by atomic mass is 79.9. The Hall–Kier alpha value is -0.580. The molecule has 0 saturated carbocycles. The third-order valence-corrected chi connectivity index (χ3v) is 3.59. The summed E-state index contributed by atoms with van der Waals surface area (Å²) < 4.78 is 6.51. The number of aliphatic hydroxyl groups is 1. The molecule has 1 aromatic rings. The Labute approximate surface area is 111 Å². The Morgan fingerprint density at radius 3 is 2.71 bits per heavy atom. The number of aliphatic hydroxyl groups excluding tert-OH is 1. The van der Waals surface area contributed by atoms with E-state index in [0.717, 1.165) is 23.3 Å². The molecule has 0 spiro atoms. The predicted octanol–water partition coefficient (Wildman–Crippen LogP) is 2.28. The molecule has 0 aliphatic carbocycles. The quantitative estimate of drug-likeness (QED) is 0.905. The minimum Gasteiger partial charge on any atom is -0.490 e. The van der Waals surface area contributed by atoms with Gasteiger partial charge in [0.15, 0.2) is 0 Å². The van der Waals surface area contributed by atoms with Crippen molar-refractivity contribution in [1.29, 1.82) is 0 Å². The van der Waals surface area contributed by atoms with Crippen LogP contribution in [0, 0.1) is 0 Å². The molecule has 94 valence electrons. The van der Waals surface area contributed by atoms with Crippen molar-refractivity contribution < 1.29 is 9.84 Å². The lowest BCUT2D eigenvalue weighted by Crippen LogP contribution is -2.33. The van der Waals surface area contributed by atoms with E-state index in [1.165, 1.54) is 12.8 Å². The average Bonchev–Trinajstić information content (AvgIpc) is 2.81. The van der Waals surface area contributed by atoms with Crippen LogP contribution in [-0.2, 0) is 0 Å². The average molecular weight is 300 g/mol. The molecule has 0 radical (unpaired) electrons. The monoisotopic (exact) mass is 299 g/mol. The second-order valence-corrected chi connectivity index (χ2v) is 5.26. The predicted molar refractivity (Wildman–Crippen MR) is 71.3 cm³/mol. The van der Waals surface area contributed by atoms with Crippen LogP contribution >= 0.6 is 15.9 Å². The first-order valence-electron chi connectivity index (χ1n) is 6.03. The summed E-state index contributed by atoms with van der Waals surface area (Å²) in [6.07, 6.45) is 2.08. The molecule has 0 unspecified atom stereocenters. The highest BCUT2D eigenvalue weighted by Gasteiger charge is 2.16. The Morgan fingerprint density at radius 1 is 1.29 bits per heavy atom. The van der Waals surface area contributed by atoms with E-state index >= 15 is 0 Å². The lowest BCUT2D eigenvalue weighted by atomic mass is 10.3. The molecule has 1 saturated heterocycles. The highest BCUT2D eigenvalue weighted by molar-refractivity contribution is 9.10. The smallest absolute Gasteiger partial charge is 0.133 e. The maximum Gasteiger partial charge on any atom is 0.133 e. The Bertz CT molecular complexity index is 353. The second-order valence-electron chi connectivity index (χ2n) is 4.40. The fourth-order valence-corrected chi connectivity index (χ4v) is 2.46. The summed E-state index contributed by atoms with van der Waals surface area (Å²) in [5.74, 6) is 0.785. The van der Waals surface area contributed by atoms with Crippen molar-refractivity contribution in [2.75, 3.05) is 26.2 Å². The normalized spacial score (nSPS) is 18.2. The number of ether oxygens (including phenoxy) is 1. The molecule has 1 aromatic carbocycles. The van der Waals surface area contributed by atoms with Crippen LogP contribution in [0.5, 0.6) is 5.75 Å². The first-order chi connectivity index (χ1) is 8.25. The number of halogens is 1. The van der Waals surface area contributed by atoms with Gasteiger partial charge in [-0.05, 0) is 54.0 Å². The van der Waals surface area contributed by atoms with E-state index in [-0.39, 0.29) is 0 Å². The van der Waals surface area contributed by atoms with Gasteiger partial charge in [0.2, 0.25) is 0 Å². The number of hydrogen-bond acceptors (Lipinski definition) is 3. The summed E-state index contributed by atoms with van der Waals surface area (Å²) in [6, 6.07) is 7.69. The second kappa shape index (κ2) is 6.38. The third-order valence-electron chi connectivity index (χ3n) is 2.94. The molecule has 1 heterocycles. The van der Waals surface area contributed by atoms with Crippen molar-refractivity contribution in [3.8, 4) is 5.75 Å². The number of β-amino-alcohol motifs (C(OH)–C–C–N with tert-alkyl or cyclic N) is 1. The summed E-state index contributed by atoms with van der Waals surface area (Å²) >= 11 is 3.42. The zero-order valence-corrected chi connectivity index (χ0v) is 11.4. The Balaban J connectivity index is 1.75. The van der Waals surface area contributed by atoms with Crippen LogP contribution < -0.4 is 4.74 Å². The number of likely N-dealkylation sites (tertiary alicyclic amines) is 1. The maximum atomic E-state index is 9.88. The molecule has 1 fully saturated rings. The standard InChI is InChI=1S/C13H18BrNO2/c14-12-5-1-2-6-13(12)17-10-11(16)9-15-7-3-4-8-15/h1-2,5-6,11,16H,3-4,7-10H2/t11-/m0/s1. The van der Waals surface area contributed by atoms with Gasteiger partial charge < -0.3 is 14.7 Å². The van der Waals surface area contributed by atoms with Crippen LogP contribution in [0.2, 0.25) is 0 Å². The summed E-state index contributed by atoms with van der Waals surface area (Å²) in [5.41, 5.74) is 0. The molecule has 1 aliphatic heterocycles. The van der Waals surface area contributed by atoms with Crippen molar-refractivity contribution in [3.63, 3.8) is 0 Å². The summed E-state index contributed by atoms with van der Waals surface area (Å²) in [6.45, 7) is 3.27. The molecular weight excluding hydrogens is 282 g/mol. The third kappa shape index (κ3) is 3.98. The van der Waals surface area contributed by atoms with E-state index in [1.807, 2.05) is 24.3 Å². The maximum absolute atomic E-state index is 9.88. The van der Waals surface area contributed by atoms with E-state index in [9.17, 15) is 5.11 Å². The van der Waals surface area contributed by atoms with Gasteiger partial charge in [-0.25, -0.2) is 0 Å². The first-order valence-corrected chi connectivity index (χ1v) is 6.83. The van der Waals surface area contributed by atoms with Gasteiger partial charge in [0.05, 0.1) is 4.47 Å².